The van der Waals surface area contributed by atoms with E-state index >= 15 is 0 Å². The zero-order chi connectivity index (χ0) is 6.74. The molecular weight excluding hydrogens is 176 g/mol. The zero-order valence-electron chi connectivity index (χ0n) is 6.12. The Bertz CT molecular complexity index is 84.6. The molecule has 0 spiro atoms. The highest BCUT2D eigenvalue weighted by Crippen LogP contribution is 2.50. The fourth-order valence-electron chi connectivity index (χ4n) is 1.18. The Hall–Kier alpha value is 0.480. The highest BCUT2D eigenvalue weighted by atomic mass is 79.9. The third-order valence-corrected chi connectivity index (χ3v) is 3.49. The van der Waals surface area contributed by atoms with Crippen LogP contribution in [-0.2, 0) is 0 Å². The van der Waals surface area contributed by atoms with Gasteiger partial charge in [-0.25, -0.2) is 0 Å². The molecule has 1 rings (SSSR count). The molecule has 0 aromatic heterocycles. The second-order valence-electron chi connectivity index (χ2n) is 3.24. The first-order valence-electron chi connectivity index (χ1n) is 3.89. The number of alkyl halides is 1. The highest BCUT2D eigenvalue weighted by Gasteiger charge is 2.40. The minimum Gasteiger partial charge on any atom is -0.0922 e. The van der Waals surface area contributed by atoms with Crippen molar-refractivity contribution in [3.63, 3.8) is 0 Å². The Morgan fingerprint density at radius 1 is 1.44 bits per heavy atom. The maximum atomic E-state index is 3.56. The van der Waals surface area contributed by atoms with Gasteiger partial charge in [-0.3, -0.25) is 0 Å². The maximum absolute atomic E-state index is 3.56. The largest absolute Gasteiger partial charge is 0.0922 e. The van der Waals surface area contributed by atoms with Crippen LogP contribution in [0.1, 0.15) is 39.0 Å². The van der Waals surface area contributed by atoms with Gasteiger partial charge in [0.05, 0.1) is 0 Å². The molecule has 0 unspecified atom stereocenters. The van der Waals surface area contributed by atoms with Gasteiger partial charge in [0.25, 0.3) is 0 Å². The van der Waals surface area contributed by atoms with Crippen LogP contribution >= 0.6 is 15.9 Å². The van der Waals surface area contributed by atoms with Crippen molar-refractivity contribution in [1.82, 2.24) is 0 Å². The van der Waals surface area contributed by atoms with Crippen LogP contribution in [0.5, 0.6) is 0 Å². The van der Waals surface area contributed by atoms with Gasteiger partial charge in [0, 0.05) is 5.33 Å². The summed E-state index contributed by atoms with van der Waals surface area (Å²) in [6.07, 6.45) is 7.17. The molecule has 0 nitrogen and oxygen atoms in total. The first-order valence-corrected chi connectivity index (χ1v) is 5.01. The molecule has 1 aliphatic carbocycles. The van der Waals surface area contributed by atoms with E-state index in [4.69, 9.17) is 0 Å². The van der Waals surface area contributed by atoms with Crippen molar-refractivity contribution in [2.45, 2.75) is 39.0 Å². The van der Waals surface area contributed by atoms with Gasteiger partial charge in [0.2, 0.25) is 0 Å². The van der Waals surface area contributed by atoms with Gasteiger partial charge >= 0.3 is 0 Å². The number of rotatable bonds is 4. The molecule has 0 atom stereocenters. The van der Waals surface area contributed by atoms with Crippen LogP contribution in [-0.4, -0.2) is 5.33 Å². The van der Waals surface area contributed by atoms with E-state index in [2.05, 4.69) is 22.9 Å². The third kappa shape index (κ3) is 1.96. The molecular formula is C8H15Br. The van der Waals surface area contributed by atoms with E-state index in [0.29, 0.717) is 0 Å². The highest BCUT2D eigenvalue weighted by molar-refractivity contribution is 9.09. The smallest absolute Gasteiger partial charge is 0.00879 e. The van der Waals surface area contributed by atoms with E-state index in [-0.39, 0.29) is 0 Å². The summed E-state index contributed by atoms with van der Waals surface area (Å²) in [7, 11) is 0. The van der Waals surface area contributed by atoms with Gasteiger partial charge in [-0.1, -0.05) is 35.7 Å². The van der Waals surface area contributed by atoms with E-state index < -0.39 is 0 Å². The molecule has 0 bridgehead atoms. The standard InChI is InChI=1S/C8H15Br/c1-2-3-4-8(7-9)5-6-8/h2-7H2,1H3. The second-order valence-corrected chi connectivity index (χ2v) is 3.80. The summed E-state index contributed by atoms with van der Waals surface area (Å²) in [4.78, 5) is 0. The Labute approximate surface area is 66.2 Å². The topological polar surface area (TPSA) is 0 Å². The number of unbranched alkanes of at least 4 members (excludes halogenated alkanes) is 1. The number of hydrogen-bond acceptors (Lipinski definition) is 0. The van der Waals surface area contributed by atoms with Crippen LogP contribution in [0.15, 0.2) is 0 Å². The van der Waals surface area contributed by atoms with E-state index in [1.165, 1.54) is 37.4 Å². The van der Waals surface area contributed by atoms with Crippen molar-refractivity contribution in [2.75, 3.05) is 5.33 Å². The van der Waals surface area contributed by atoms with Crippen molar-refractivity contribution in [3.8, 4) is 0 Å². The molecule has 0 aromatic carbocycles. The van der Waals surface area contributed by atoms with Crippen molar-refractivity contribution in [3.05, 3.63) is 0 Å². The third-order valence-electron chi connectivity index (χ3n) is 2.30. The minimum absolute atomic E-state index is 0.760. The van der Waals surface area contributed by atoms with Gasteiger partial charge in [0.1, 0.15) is 0 Å². The van der Waals surface area contributed by atoms with E-state index in [9.17, 15) is 0 Å². The molecule has 0 aromatic rings. The summed E-state index contributed by atoms with van der Waals surface area (Å²) in [5.41, 5.74) is 0.760. The molecule has 0 aliphatic heterocycles. The molecule has 54 valence electrons. The van der Waals surface area contributed by atoms with Crippen LogP contribution < -0.4 is 0 Å². The number of halogens is 1. The average molecular weight is 191 g/mol. The molecule has 0 N–H and O–H groups in total. The van der Waals surface area contributed by atoms with Crippen molar-refractivity contribution in [2.24, 2.45) is 5.41 Å². The zero-order valence-corrected chi connectivity index (χ0v) is 7.71. The molecule has 0 radical (unpaired) electrons. The van der Waals surface area contributed by atoms with Crippen LogP contribution in [0.25, 0.3) is 0 Å². The lowest BCUT2D eigenvalue weighted by Crippen LogP contribution is -2.00. The Balaban J connectivity index is 2.10. The lowest BCUT2D eigenvalue weighted by Gasteiger charge is -2.08. The predicted molar refractivity (Wildman–Crippen MR) is 45.0 cm³/mol. The summed E-state index contributed by atoms with van der Waals surface area (Å²) in [5.74, 6) is 0. The second kappa shape index (κ2) is 3.05. The van der Waals surface area contributed by atoms with Gasteiger partial charge in [-0.05, 0) is 24.7 Å². The van der Waals surface area contributed by atoms with Gasteiger partial charge < -0.3 is 0 Å². The van der Waals surface area contributed by atoms with E-state index in [0.717, 1.165) is 5.41 Å². The van der Waals surface area contributed by atoms with Crippen LogP contribution in [0.3, 0.4) is 0 Å². The lowest BCUT2D eigenvalue weighted by atomic mass is 10.0. The summed E-state index contributed by atoms with van der Waals surface area (Å²) in [6, 6.07) is 0. The first-order chi connectivity index (χ1) is 4.33. The quantitative estimate of drug-likeness (QED) is 0.597. The first kappa shape index (κ1) is 7.59. The summed E-state index contributed by atoms with van der Waals surface area (Å²) in [6.45, 7) is 2.27. The van der Waals surface area contributed by atoms with Crippen molar-refractivity contribution < 1.29 is 0 Å². The molecule has 0 saturated heterocycles. The molecule has 9 heavy (non-hydrogen) atoms. The molecule has 0 heterocycles. The van der Waals surface area contributed by atoms with Crippen molar-refractivity contribution >= 4 is 15.9 Å². The SMILES string of the molecule is CCCCC1(CBr)CC1. The molecule has 1 saturated carbocycles. The van der Waals surface area contributed by atoms with Crippen molar-refractivity contribution in [1.29, 1.82) is 0 Å². The van der Waals surface area contributed by atoms with Crippen LogP contribution in [0.4, 0.5) is 0 Å². The molecule has 0 amide bonds. The van der Waals surface area contributed by atoms with E-state index in [1.807, 2.05) is 0 Å². The van der Waals surface area contributed by atoms with Gasteiger partial charge in [-0.15, -0.1) is 0 Å². The van der Waals surface area contributed by atoms with Gasteiger partial charge in [-0.2, -0.15) is 0 Å². The number of hydrogen-bond donors (Lipinski definition) is 0. The summed E-state index contributed by atoms with van der Waals surface area (Å²) < 4.78 is 0. The van der Waals surface area contributed by atoms with Crippen LogP contribution in [0, 0.1) is 5.41 Å². The van der Waals surface area contributed by atoms with E-state index in [1.54, 1.807) is 0 Å². The molecule has 1 aliphatic rings. The summed E-state index contributed by atoms with van der Waals surface area (Å²) in [5, 5.41) is 1.24. The lowest BCUT2D eigenvalue weighted by molar-refractivity contribution is 0.502. The molecule has 1 fully saturated rings. The Morgan fingerprint density at radius 3 is 2.44 bits per heavy atom. The Morgan fingerprint density at radius 2 is 2.11 bits per heavy atom. The molecule has 1 heteroatoms. The fraction of sp³-hybridized carbons (Fsp3) is 1.00. The predicted octanol–water partition coefficient (Wildman–Crippen LogP) is 3.35. The Kier molecular flexibility index (Phi) is 2.57. The summed E-state index contributed by atoms with van der Waals surface area (Å²) >= 11 is 3.56. The fourth-order valence-corrected chi connectivity index (χ4v) is 2.02. The maximum Gasteiger partial charge on any atom is 0.00879 e. The average Bonchev–Trinajstić information content (AvgIpc) is 2.65. The normalized spacial score (nSPS) is 22.0. The van der Waals surface area contributed by atoms with Gasteiger partial charge in [0.15, 0.2) is 0 Å². The monoisotopic (exact) mass is 190 g/mol. The van der Waals surface area contributed by atoms with Crippen LogP contribution in [0.2, 0.25) is 0 Å². The minimum atomic E-state index is 0.760.